The van der Waals surface area contributed by atoms with Gasteiger partial charge < -0.3 is 9.64 Å². The van der Waals surface area contributed by atoms with Crippen molar-refractivity contribution in [1.29, 1.82) is 0 Å². The van der Waals surface area contributed by atoms with Gasteiger partial charge in [0.2, 0.25) is 0 Å². The van der Waals surface area contributed by atoms with E-state index in [1.54, 1.807) is 19.2 Å². The van der Waals surface area contributed by atoms with Gasteiger partial charge in [0.15, 0.2) is 0 Å². The summed E-state index contributed by atoms with van der Waals surface area (Å²) in [5.41, 5.74) is 0.977. The van der Waals surface area contributed by atoms with E-state index in [1.807, 2.05) is 0 Å². The minimum atomic E-state index is -0.519. The number of halogens is 1. The quantitative estimate of drug-likeness (QED) is 0.752. The number of nitrogens with zero attached hydrogens (tertiary/aromatic N) is 1. The van der Waals surface area contributed by atoms with Crippen molar-refractivity contribution in [2.24, 2.45) is 0 Å². The minimum Gasteiger partial charge on any atom is -0.383 e. The molecule has 0 fully saturated rings. The molecule has 16 heavy (non-hydrogen) atoms. The lowest BCUT2D eigenvalue weighted by Gasteiger charge is -2.15. The van der Waals surface area contributed by atoms with Crippen molar-refractivity contribution in [2.45, 2.75) is 0 Å². The van der Waals surface area contributed by atoms with Gasteiger partial charge in [0.1, 0.15) is 0 Å². The summed E-state index contributed by atoms with van der Waals surface area (Å²) < 4.78 is 4.89. The first-order valence-corrected chi connectivity index (χ1v) is 5.17. The van der Waals surface area contributed by atoms with Gasteiger partial charge in [-0.2, -0.15) is 0 Å². The van der Waals surface area contributed by atoms with Crippen LogP contribution >= 0.6 is 11.6 Å². The Kier molecular flexibility index (Phi) is 2.94. The first-order valence-electron chi connectivity index (χ1n) is 4.80. The van der Waals surface area contributed by atoms with Crippen LogP contribution in [0.25, 0.3) is 0 Å². The monoisotopic (exact) mass is 239 g/mol. The molecule has 5 heteroatoms. The molecule has 1 amide bonds. The van der Waals surface area contributed by atoms with Gasteiger partial charge in [-0.25, -0.2) is 0 Å². The fourth-order valence-corrected chi connectivity index (χ4v) is 1.85. The lowest BCUT2D eigenvalue weighted by atomic mass is 10.1. The molecule has 0 saturated heterocycles. The van der Waals surface area contributed by atoms with Crippen molar-refractivity contribution in [1.82, 2.24) is 0 Å². The summed E-state index contributed by atoms with van der Waals surface area (Å²) in [6, 6.07) is 4.85. The molecule has 0 saturated carbocycles. The number of carbonyl (C=O) groups is 2. The number of methoxy groups -OCH3 is 1. The van der Waals surface area contributed by atoms with Gasteiger partial charge in [0, 0.05) is 18.7 Å². The lowest BCUT2D eigenvalue weighted by Crippen LogP contribution is -2.32. The molecule has 2 rings (SSSR count). The Morgan fingerprint density at radius 3 is 2.81 bits per heavy atom. The van der Waals surface area contributed by atoms with Gasteiger partial charge in [0.05, 0.1) is 17.9 Å². The van der Waals surface area contributed by atoms with E-state index in [9.17, 15) is 9.59 Å². The van der Waals surface area contributed by atoms with Crippen LogP contribution in [0.4, 0.5) is 5.69 Å². The number of rotatable bonds is 3. The summed E-state index contributed by atoms with van der Waals surface area (Å²) in [6.45, 7) is 0.761. The summed E-state index contributed by atoms with van der Waals surface area (Å²) in [5.74, 6) is -1.03. The summed E-state index contributed by atoms with van der Waals surface area (Å²) in [6.07, 6.45) is 0. The molecule has 0 N–H and O–H groups in total. The molecule has 1 aliphatic heterocycles. The number of carbonyl (C=O) groups excluding carboxylic acids is 2. The molecular weight excluding hydrogens is 230 g/mol. The van der Waals surface area contributed by atoms with Gasteiger partial charge >= 0.3 is 0 Å². The highest BCUT2D eigenvalue weighted by Gasteiger charge is 2.35. The van der Waals surface area contributed by atoms with E-state index in [1.165, 1.54) is 11.0 Å². The van der Waals surface area contributed by atoms with Gasteiger partial charge in [-0.05, 0) is 18.2 Å². The zero-order valence-corrected chi connectivity index (χ0v) is 9.45. The molecule has 1 aromatic rings. The van der Waals surface area contributed by atoms with E-state index in [2.05, 4.69) is 0 Å². The average Bonchev–Trinajstić information content (AvgIpc) is 2.50. The Morgan fingerprint density at radius 2 is 2.12 bits per heavy atom. The van der Waals surface area contributed by atoms with Crippen molar-refractivity contribution in [3.63, 3.8) is 0 Å². The minimum absolute atomic E-state index is 0.369. The van der Waals surface area contributed by atoms with Crippen LogP contribution in [0.2, 0.25) is 5.02 Å². The Morgan fingerprint density at radius 1 is 1.38 bits per heavy atom. The van der Waals surface area contributed by atoms with E-state index < -0.39 is 11.7 Å². The lowest BCUT2D eigenvalue weighted by molar-refractivity contribution is -0.114. The first kappa shape index (κ1) is 11.1. The number of hydrogen-bond donors (Lipinski definition) is 0. The third-order valence-electron chi connectivity index (χ3n) is 2.45. The van der Waals surface area contributed by atoms with Crippen LogP contribution in [0.15, 0.2) is 18.2 Å². The molecule has 0 atom stereocenters. The van der Waals surface area contributed by atoms with E-state index in [0.29, 0.717) is 29.4 Å². The maximum absolute atomic E-state index is 11.7. The molecule has 0 radical (unpaired) electrons. The molecule has 4 nitrogen and oxygen atoms in total. The highest BCUT2D eigenvalue weighted by molar-refractivity contribution is 6.52. The normalized spacial score (nSPS) is 14.5. The standard InChI is InChI=1S/C11H10ClNO3/c1-16-5-4-13-9-3-2-7(12)6-8(9)10(14)11(13)15/h2-3,6H,4-5H2,1H3. The topological polar surface area (TPSA) is 46.6 Å². The third-order valence-corrected chi connectivity index (χ3v) is 2.69. The van der Waals surface area contributed by atoms with Crippen molar-refractivity contribution >= 4 is 29.0 Å². The maximum atomic E-state index is 11.7. The number of amides is 1. The second-order valence-electron chi connectivity index (χ2n) is 3.44. The molecule has 0 aliphatic carbocycles. The highest BCUT2D eigenvalue weighted by atomic mass is 35.5. The average molecular weight is 240 g/mol. The van der Waals surface area contributed by atoms with Crippen molar-refractivity contribution in [2.75, 3.05) is 25.2 Å². The Labute approximate surface area is 97.7 Å². The molecule has 1 heterocycles. The molecular formula is C11H10ClNO3. The summed E-state index contributed by atoms with van der Waals surface area (Å²) in [7, 11) is 1.55. The number of ether oxygens (including phenoxy) is 1. The maximum Gasteiger partial charge on any atom is 0.299 e. The van der Waals surface area contributed by atoms with E-state index >= 15 is 0 Å². The summed E-state index contributed by atoms with van der Waals surface area (Å²) >= 11 is 5.78. The van der Waals surface area contributed by atoms with Gasteiger partial charge in [0.25, 0.3) is 11.7 Å². The molecule has 0 unspecified atom stereocenters. The summed E-state index contributed by atoms with van der Waals surface area (Å²) in [4.78, 5) is 24.7. The van der Waals surface area contributed by atoms with Gasteiger partial charge in [-0.1, -0.05) is 11.6 Å². The number of Topliss-reactive ketones (excluding diaryl/α,β-unsaturated/α-hetero) is 1. The fourth-order valence-electron chi connectivity index (χ4n) is 1.68. The molecule has 1 aliphatic rings. The highest BCUT2D eigenvalue weighted by Crippen LogP contribution is 2.30. The van der Waals surface area contributed by atoms with Crippen LogP contribution in [0.5, 0.6) is 0 Å². The van der Waals surface area contributed by atoms with Crippen LogP contribution < -0.4 is 4.90 Å². The largest absolute Gasteiger partial charge is 0.383 e. The molecule has 84 valence electrons. The van der Waals surface area contributed by atoms with E-state index in [-0.39, 0.29) is 0 Å². The van der Waals surface area contributed by atoms with Crippen molar-refractivity contribution < 1.29 is 14.3 Å². The molecule has 0 aromatic heterocycles. The van der Waals surface area contributed by atoms with Crippen LogP contribution in [0.1, 0.15) is 10.4 Å². The van der Waals surface area contributed by atoms with Crippen LogP contribution in [-0.4, -0.2) is 32.0 Å². The van der Waals surface area contributed by atoms with E-state index in [0.717, 1.165) is 0 Å². The molecule has 0 spiro atoms. The number of hydrogen-bond acceptors (Lipinski definition) is 3. The fraction of sp³-hybridized carbons (Fsp3) is 0.273. The van der Waals surface area contributed by atoms with Crippen LogP contribution in [0.3, 0.4) is 0 Å². The predicted molar refractivity (Wildman–Crippen MR) is 60.0 cm³/mol. The Bertz CT molecular complexity index is 459. The van der Waals surface area contributed by atoms with Crippen LogP contribution in [0, 0.1) is 0 Å². The zero-order chi connectivity index (χ0) is 11.7. The van der Waals surface area contributed by atoms with Crippen molar-refractivity contribution in [3.05, 3.63) is 28.8 Å². The van der Waals surface area contributed by atoms with Crippen molar-refractivity contribution in [3.8, 4) is 0 Å². The number of ketones is 1. The van der Waals surface area contributed by atoms with Gasteiger partial charge in [-0.15, -0.1) is 0 Å². The zero-order valence-electron chi connectivity index (χ0n) is 8.70. The second-order valence-corrected chi connectivity index (χ2v) is 3.88. The smallest absolute Gasteiger partial charge is 0.299 e. The Hall–Kier alpha value is -1.39. The summed E-state index contributed by atoms with van der Waals surface area (Å²) in [5, 5.41) is 0.452. The third kappa shape index (κ3) is 1.70. The SMILES string of the molecule is COCCN1C(=O)C(=O)c2cc(Cl)ccc21. The predicted octanol–water partition coefficient (Wildman–Crippen LogP) is 1.52. The number of fused-ring (bicyclic) bond motifs is 1. The van der Waals surface area contributed by atoms with Gasteiger partial charge in [-0.3, -0.25) is 9.59 Å². The second kappa shape index (κ2) is 4.23. The first-order chi connectivity index (χ1) is 7.65. The molecule has 0 bridgehead atoms. The number of anilines is 1. The van der Waals surface area contributed by atoms with E-state index in [4.69, 9.17) is 16.3 Å². The number of benzene rings is 1. The Balaban J connectivity index is 2.38. The molecule has 1 aromatic carbocycles. The van der Waals surface area contributed by atoms with Crippen LogP contribution in [-0.2, 0) is 9.53 Å².